The molecule has 23 atom stereocenters. The van der Waals surface area contributed by atoms with Gasteiger partial charge in [0.2, 0.25) is 0 Å². The predicted molar refractivity (Wildman–Crippen MR) is 398 cm³/mol. The molecule has 0 saturated carbocycles. The highest BCUT2D eigenvalue weighted by molar-refractivity contribution is 8.44. The van der Waals surface area contributed by atoms with Gasteiger partial charge in [-0.1, -0.05) is 12.2 Å². The number of aromatic nitrogens is 12. The quantitative estimate of drug-likeness (QED) is 0.0161. The van der Waals surface area contributed by atoms with Gasteiger partial charge in [-0.3, -0.25) is 36.5 Å². The summed E-state index contributed by atoms with van der Waals surface area (Å²) >= 11 is 26.1. The third kappa shape index (κ3) is 21.5. The number of nitrogens with two attached hydrogens (primary N) is 6. The highest BCUT2D eigenvalue weighted by Crippen LogP contribution is 2.59. The number of rotatable bonds is 32. The van der Waals surface area contributed by atoms with Crippen LogP contribution in [0.5, 0.6) is 0 Å². The monoisotopic (exact) mass is 1750 g/mol. The summed E-state index contributed by atoms with van der Waals surface area (Å²) in [7, 11) is 0. The fraction of sp³-hybridized carbons (Fsp3) is 0.556. The number of anilines is 6. The maximum atomic E-state index is 14.5. The van der Waals surface area contributed by atoms with Crippen LogP contribution in [0, 0.1) is 0 Å². The highest BCUT2D eigenvalue weighted by atomic mass is 32.7. The molecule has 0 spiro atoms. The van der Waals surface area contributed by atoms with Crippen LogP contribution >= 0.6 is 45.9 Å². The predicted octanol–water partition coefficient (Wildman–Crippen LogP) is -1.99. The van der Waals surface area contributed by atoms with Crippen LogP contribution in [0.3, 0.4) is 0 Å². The molecular formula is C54H73N18O29P5S5. The lowest BCUT2D eigenvalue weighted by atomic mass is 10.2. The van der Waals surface area contributed by atoms with Crippen molar-refractivity contribution < 1.29 is 108 Å². The molecule has 608 valence electrons. The van der Waals surface area contributed by atoms with E-state index in [9.17, 15) is 63.1 Å². The first kappa shape index (κ1) is 84.8. The summed E-state index contributed by atoms with van der Waals surface area (Å²) in [5.41, 5.74) is 29.3. The third-order valence-corrected chi connectivity index (χ3v) is 25.6. The molecule has 0 amide bonds. The van der Waals surface area contributed by atoms with Crippen molar-refractivity contribution in [3.8, 4) is 0 Å². The van der Waals surface area contributed by atoms with E-state index < -0.39 is 218 Å². The zero-order chi connectivity index (χ0) is 79.8. The second-order valence-electron chi connectivity index (χ2n) is 25.2. The minimum atomic E-state index is -4.73. The third-order valence-electron chi connectivity index (χ3n) is 17.6. The van der Waals surface area contributed by atoms with Crippen LogP contribution in [0.15, 0.2) is 102 Å². The van der Waals surface area contributed by atoms with Gasteiger partial charge in [0.05, 0.1) is 70.2 Å². The lowest BCUT2D eigenvalue weighted by Crippen LogP contribution is -2.32. The van der Waals surface area contributed by atoms with E-state index in [1.54, 1.807) is 0 Å². The fourth-order valence-electron chi connectivity index (χ4n) is 12.4. The molecule has 0 radical (unpaired) electrons. The van der Waals surface area contributed by atoms with Crippen molar-refractivity contribution in [2.24, 2.45) is 0 Å². The summed E-state index contributed by atoms with van der Waals surface area (Å²) < 4.78 is 116. The highest BCUT2D eigenvalue weighted by Gasteiger charge is 2.50. The van der Waals surface area contributed by atoms with Gasteiger partial charge >= 0.3 is 67.8 Å². The van der Waals surface area contributed by atoms with Gasteiger partial charge in [0, 0.05) is 75.7 Å². The smallest absolute Gasteiger partial charge is 0.386 e. The van der Waals surface area contributed by atoms with Gasteiger partial charge in [-0.2, -0.15) is 29.9 Å². The SMILES string of the molecule is Nc1ccn(C2CC(O)C(COP(O)(=S)OC3CC(n4ccc(N)nc4=O)OC3COP(O)(=S)OC3CC(n4ccc(N)nc4=O)OC3COP(O)(=S)OC3CC(n4ccc(N)nc4=O)OC3COP(=O)(S)OC3CC(n4ccc(N)nc4=O)OC3COP(O)(=S)OC3CC(n4ccc(N)nc4=O)OC3CO)O2)c(=O)n1. The van der Waals surface area contributed by atoms with Gasteiger partial charge in [-0.15, -0.1) is 0 Å². The van der Waals surface area contributed by atoms with Crippen molar-refractivity contribution >= 4 is 128 Å². The Kier molecular flexibility index (Phi) is 26.8. The number of ether oxygens (including phenoxy) is 6. The van der Waals surface area contributed by atoms with Crippen LogP contribution in [0.1, 0.15) is 75.9 Å². The molecule has 6 aliphatic heterocycles. The van der Waals surface area contributed by atoms with Crippen LogP contribution in [-0.2, 0) is 125 Å². The van der Waals surface area contributed by atoms with Crippen LogP contribution in [0.4, 0.5) is 34.9 Å². The van der Waals surface area contributed by atoms with E-state index in [1.165, 1.54) is 73.6 Å². The van der Waals surface area contributed by atoms with Crippen LogP contribution in [0.25, 0.3) is 0 Å². The molecule has 0 bridgehead atoms. The number of thiol groups is 1. The topological polar surface area (TPSA) is 652 Å². The van der Waals surface area contributed by atoms with Gasteiger partial charge in [-0.25, -0.2) is 33.3 Å². The Labute approximate surface area is 649 Å². The summed E-state index contributed by atoms with van der Waals surface area (Å²) in [6, 6.07) is 7.85. The Balaban J connectivity index is 0.718. The number of aliphatic hydroxyl groups is 2. The molecule has 6 aliphatic rings. The molecular weight excluding hydrogens is 1680 g/mol. The first-order chi connectivity index (χ1) is 52.3. The molecule has 6 aromatic heterocycles. The Hall–Kier alpha value is -5.62. The van der Waals surface area contributed by atoms with Gasteiger partial charge in [-0.05, 0) is 83.6 Å². The molecule has 6 aromatic rings. The van der Waals surface area contributed by atoms with Gasteiger partial charge in [0.25, 0.3) is 0 Å². The number of hydrogen-bond acceptors (Lipinski definition) is 41. The Bertz CT molecular complexity index is 5040. The molecule has 0 aromatic carbocycles. The van der Waals surface area contributed by atoms with E-state index in [2.05, 4.69) is 42.2 Å². The standard InChI is InChI=1S/C54H73N18O29P5S5/c55-37-1-7-67(49(75)61-37)43-13-25(74)32(92-43)20-86-102(81,107)98-27-15-45(69-9-3-39(57)63-51(69)77)94-34(27)22-88-104(83,109)100-29-17-47(71-11-5-41(59)65-53(71)79)96-36(29)24-90-106(85,111)101-30-18-48(72-12-6-42(60)66-54(72)80)95-35(30)23-89-105(84,110)99-28-16-46(70-10-4-40(58)64-52(70)78)93-33(28)21-87-103(82,108)97-26-14-44(91-31(26)19-73)68-8-2-38(56)62-50(68)76/h1-12,25-36,43-48,73-74H,13-24H2,(H,81,107)(H,82,108)(H,83,109)(H,84,110)(H,85,111)(H2,55,61,75)(H2,56,62,76)(H2,57,63,77)(H2,58,64,78)(H2,59,65,79)(H2,60,66,80). The van der Waals surface area contributed by atoms with Gasteiger partial charge in [0.15, 0.2) is 0 Å². The lowest BCUT2D eigenvalue weighted by Gasteiger charge is -2.28. The lowest BCUT2D eigenvalue weighted by molar-refractivity contribution is -0.0576. The first-order valence-corrected chi connectivity index (χ1v) is 46.0. The van der Waals surface area contributed by atoms with Crippen molar-refractivity contribution in [1.82, 2.24) is 57.3 Å². The molecule has 12 heterocycles. The van der Waals surface area contributed by atoms with Crippen LogP contribution in [0.2, 0.25) is 0 Å². The summed E-state index contributed by atoms with van der Waals surface area (Å²) in [4.78, 5) is 147. The van der Waals surface area contributed by atoms with E-state index in [0.717, 1.165) is 27.4 Å². The van der Waals surface area contributed by atoms with E-state index in [-0.39, 0.29) is 73.4 Å². The number of nitrogens with zero attached hydrogens (tertiary/aromatic N) is 12. The van der Waals surface area contributed by atoms with Crippen LogP contribution < -0.4 is 68.5 Å². The molecule has 18 N–H and O–H groups in total. The average Bonchev–Trinajstić information content (AvgIpc) is 1.67. The molecule has 0 aliphatic carbocycles. The average molecular weight is 1750 g/mol. The minimum absolute atomic E-state index is 0.0447. The summed E-state index contributed by atoms with van der Waals surface area (Å²) in [5, 5.41) is 21.0. The van der Waals surface area contributed by atoms with Gasteiger partial charge in [0.1, 0.15) is 115 Å². The molecule has 12 rings (SSSR count). The zero-order valence-electron chi connectivity index (χ0n) is 57.0. The Morgan fingerprint density at radius 1 is 0.369 bits per heavy atom. The summed E-state index contributed by atoms with van der Waals surface area (Å²) in [6.07, 6.45) is -16.8. The summed E-state index contributed by atoms with van der Waals surface area (Å²) in [5.74, 6) is -0.667. The van der Waals surface area contributed by atoms with E-state index in [0.29, 0.717) is 0 Å². The summed E-state index contributed by atoms with van der Waals surface area (Å²) in [6.45, 7) is -26.9. The molecule has 23 unspecified atom stereocenters. The van der Waals surface area contributed by atoms with Crippen molar-refractivity contribution in [3.63, 3.8) is 0 Å². The Morgan fingerprint density at radius 2 is 0.577 bits per heavy atom. The normalized spacial score (nSPS) is 30.9. The maximum absolute atomic E-state index is 14.5. The largest absolute Gasteiger partial charge is 0.394 e. The number of hydrogen-bond donors (Lipinski definition) is 13. The Morgan fingerprint density at radius 3 is 0.829 bits per heavy atom. The number of nitrogen functional groups attached to an aromatic ring is 6. The van der Waals surface area contributed by atoms with Crippen molar-refractivity contribution in [1.29, 1.82) is 0 Å². The molecule has 47 nitrogen and oxygen atoms in total. The second kappa shape index (κ2) is 35.1. The van der Waals surface area contributed by atoms with E-state index in [1.807, 2.05) is 0 Å². The van der Waals surface area contributed by atoms with Crippen molar-refractivity contribution in [2.45, 2.75) is 149 Å². The minimum Gasteiger partial charge on any atom is -0.394 e. The molecule has 6 fully saturated rings. The van der Waals surface area contributed by atoms with Gasteiger partial charge < -0.3 is 129 Å². The van der Waals surface area contributed by atoms with E-state index in [4.69, 9.17) is 155 Å². The van der Waals surface area contributed by atoms with E-state index >= 15 is 0 Å². The zero-order valence-corrected chi connectivity index (χ0v) is 65.7. The second-order valence-corrected chi connectivity index (χ2v) is 39.3. The molecule has 6 saturated heterocycles. The van der Waals surface area contributed by atoms with Crippen molar-refractivity contribution in [3.05, 3.63) is 136 Å². The molecule has 111 heavy (non-hydrogen) atoms. The van der Waals surface area contributed by atoms with Crippen molar-refractivity contribution in [2.75, 3.05) is 74.0 Å². The molecule has 57 heteroatoms. The fourth-order valence-corrected chi connectivity index (χ4v) is 19.8. The first-order valence-electron chi connectivity index (χ1n) is 32.9. The number of aliphatic hydroxyl groups excluding tert-OH is 2. The maximum Gasteiger partial charge on any atom is 0.386 e. The van der Waals surface area contributed by atoms with Crippen LogP contribution in [-0.4, -0.2) is 200 Å².